The number of methoxy groups -OCH3 is 2. The summed E-state index contributed by atoms with van der Waals surface area (Å²) in [6, 6.07) is 9.60. The number of nitrogens with two attached hydrogens (primary N) is 2. The van der Waals surface area contributed by atoms with Gasteiger partial charge in [0, 0.05) is 45.7 Å². The minimum atomic E-state index is -0.869. The topological polar surface area (TPSA) is 239 Å². The minimum absolute atomic E-state index is 0.0705. The van der Waals surface area contributed by atoms with Crippen LogP contribution in [0.1, 0.15) is 54.9 Å². The fourth-order valence-corrected chi connectivity index (χ4v) is 6.31. The molecule has 2 saturated heterocycles. The predicted octanol–water partition coefficient (Wildman–Crippen LogP) is -0.708. The number of hydrogen-bond donors (Lipinski definition) is 6. The second-order valence-electron chi connectivity index (χ2n) is 12.8. The Morgan fingerprint density at radius 2 is 1.81 bits per heavy atom. The fourth-order valence-electron chi connectivity index (χ4n) is 6.31. The van der Waals surface area contributed by atoms with Gasteiger partial charge in [-0.1, -0.05) is 24.3 Å². The van der Waals surface area contributed by atoms with Crippen molar-refractivity contribution in [3.8, 4) is 11.5 Å². The minimum Gasteiger partial charge on any atom is -0.493 e. The van der Waals surface area contributed by atoms with Crippen molar-refractivity contribution < 1.29 is 43.3 Å². The van der Waals surface area contributed by atoms with E-state index in [1.165, 1.54) is 30.3 Å². The molecular formula is C36H48N8O9. The third-order valence-corrected chi connectivity index (χ3v) is 9.12. The summed E-state index contributed by atoms with van der Waals surface area (Å²) in [6.07, 6.45) is 3.12. The monoisotopic (exact) mass is 736 g/mol. The zero-order chi connectivity index (χ0) is 38.7. The van der Waals surface area contributed by atoms with Crippen LogP contribution in [0.4, 0.5) is 0 Å². The van der Waals surface area contributed by atoms with Crippen molar-refractivity contribution in [2.45, 2.75) is 70.9 Å². The van der Waals surface area contributed by atoms with Crippen LogP contribution in [0.2, 0.25) is 0 Å². The molecule has 2 atom stereocenters. The number of carbonyl (C=O) groups is 6. The molecule has 2 aromatic carbocycles. The van der Waals surface area contributed by atoms with Gasteiger partial charge in [-0.15, -0.1) is 0 Å². The summed E-state index contributed by atoms with van der Waals surface area (Å²) in [6.45, 7) is 3.23. The summed E-state index contributed by atoms with van der Waals surface area (Å²) in [7, 11) is 3.02. The number of rotatable bonds is 13. The molecule has 17 nitrogen and oxygen atoms in total. The molecule has 0 aromatic heterocycles. The van der Waals surface area contributed by atoms with Gasteiger partial charge in [0.05, 0.1) is 39.6 Å². The van der Waals surface area contributed by atoms with Crippen molar-refractivity contribution in [3.63, 3.8) is 0 Å². The maximum atomic E-state index is 12.7. The number of likely N-dealkylation sites (tertiary alicyclic amines) is 1. The molecule has 5 rings (SSSR count). The van der Waals surface area contributed by atoms with Gasteiger partial charge in [-0.2, -0.15) is 0 Å². The van der Waals surface area contributed by atoms with E-state index in [1.54, 1.807) is 30.0 Å². The molecular weight excluding hydrogens is 688 g/mol. The molecule has 3 aliphatic rings. The number of hydrogen-bond acceptors (Lipinski definition) is 12. The first kappa shape index (κ1) is 40.1. The maximum absolute atomic E-state index is 12.7. The molecule has 5 amide bonds. The number of aliphatic hydroxyl groups is 1. The first-order chi connectivity index (χ1) is 25.3. The lowest BCUT2D eigenvalue weighted by Gasteiger charge is -2.23. The molecule has 0 bridgehead atoms. The van der Waals surface area contributed by atoms with Crippen LogP contribution < -0.4 is 37.0 Å². The smallest absolute Gasteiger partial charge is 0.289 e. The van der Waals surface area contributed by atoms with Gasteiger partial charge in [-0.05, 0) is 53.6 Å². The van der Waals surface area contributed by atoms with Crippen LogP contribution in [0, 0.1) is 0 Å². The Kier molecular flexibility index (Phi) is 14.1. The molecule has 3 heterocycles. The van der Waals surface area contributed by atoms with Gasteiger partial charge in [0.2, 0.25) is 29.4 Å². The van der Waals surface area contributed by atoms with E-state index in [-0.39, 0.29) is 37.9 Å². The zero-order valence-electron chi connectivity index (χ0n) is 30.2. The number of fused-ring (bicyclic) bond motifs is 1. The average Bonchev–Trinajstić information content (AvgIpc) is 3.93. The van der Waals surface area contributed by atoms with Crippen LogP contribution in [0.15, 0.2) is 48.3 Å². The van der Waals surface area contributed by atoms with E-state index in [0.717, 1.165) is 22.3 Å². The lowest BCUT2D eigenvalue weighted by molar-refractivity contribution is -0.144. The average molecular weight is 737 g/mol. The van der Waals surface area contributed by atoms with E-state index in [1.807, 2.05) is 18.2 Å². The van der Waals surface area contributed by atoms with Crippen molar-refractivity contribution in [3.05, 3.63) is 70.5 Å². The molecule has 2 unspecified atom stereocenters. The molecule has 0 saturated carbocycles. The second-order valence-corrected chi connectivity index (χ2v) is 12.8. The van der Waals surface area contributed by atoms with Crippen LogP contribution in [-0.2, 0) is 54.9 Å². The Morgan fingerprint density at radius 3 is 2.47 bits per heavy atom. The highest BCUT2D eigenvalue weighted by atomic mass is 16.5. The van der Waals surface area contributed by atoms with Crippen LogP contribution in [0.25, 0.3) is 0 Å². The molecule has 3 aliphatic heterocycles. The second kappa shape index (κ2) is 18.7. The first-order valence-electron chi connectivity index (χ1n) is 17.2. The molecule has 17 heteroatoms. The first-order valence-corrected chi connectivity index (χ1v) is 17.2. The van der Waals surface area contributed by atoms with Crippen molar-refractivity contribution in [2.24, 2.45) is 11.6 Å². The number of nitrogens with one attached hydrogen (secondary N) is 3. The van der Waals surface area contributed by atoms with Gasteiger partial charge in [0.25, 0.3) is 5.91 Å². The summed E-state index contributed by atoms with van der Waals surface area (Å²) in [5.41, 5.74) is 9.94. The number of ketones is 1. The third kappa shape index (κ3) is 10.7. The number of hydrazine groups is 1. The molecule has 53 heavy (non-hydrogen) atoms. The number of amides is 5. The highest BCUT2D eigenvalue weighted by Gasteiger charge is 2.37. The number of benzene rings is 2. The molecule has 2 fully saturated rings. The normalized spacial score (nSPS) is 17.6. The van der Waals surface area contributed by atoms with E-state index >= 15 is 0 Å². The van der Waals surface area contributed by atoms with Crippen LogP contribution in [0.3, 0.4) is 0 Å². The van der Waals surface area contributed by atoms with Crippen LogP contribution in [-0.4, -0.2) is 101 Å². The van der Waals surface area contributed by atoms with E-state index < -0.39 is 35.6 Å². The molecule has 0 radical (unpaired) electrons. The van der Waals surface area contributed by atoms with Gasteiger partial charge >= 0.3 is 0 Å². The van der Waals surface area contributed by atoms with Gasteiger partial charge in [0.15, 0.2) is 11.5 Å². The summed E-state index contributed by atoms with van der Waals surface area (Å²) in [5.74, 6) is 4.40. The van der Waals surface area contributed by atoms with Crippen molar-refractivity contribution in [1.82, 2.24) is 30.8 Å². The number of nitrogens with zero attached hydrogens (tertiary/aromatic N) is 3. The van der Waals surface area contributed by atoms with Gasteiger partial charge in [0.1, 0.15) is 12.1 Å². The summed E-state index contributed by atoms with van der Waals surface area (Å²) in [4.78, 5) is 75.7. The molecule has 0 spiro atoms. The lowest BCUT2D eigenvalue weighted by Crippen LogP contribution is -2.50. The maximum Gasteiger partial charge on any atom is 0.289 e. The third-order valence-electron chi connectivity index (χ3n) is 9.12. The SMILES string of the molecule is CC(=O)N1Cc2cccc(CN(N)/C=C(\N)CO)c2C1.COc1ccc(CNC(=O)C(=O)C2CCCN2C(=O)CNC(=O)C2CCC(=O)N2)cc1OC. The Balaban J connectivity index is 0.000000267. The van der Waals surface area contributed by atoms with E-state index in [9.17, 15) is 28.8 Å². The standard InChI is InChI=1S/C22H28N4O7.C14H20N4O2/c1-32-16-7-5-13(10-17(16)33-2)11-23-22(31)20(29)15-4-3-9-26(15)19(28)12-24-21(30)14-6-8-18(27)25-14;1-10(20)17-5-11-3-2-4-12(14(11)8-17)6-18(16)7-13(15)9-19/h5,7,10,14-15H,3-4,6,8-9,11-12H2,1-2H3,(H,23,31)(H,24,30)(H,25,27);2-4,7,19H,5-6,8-9,15-16H2,1H3/b;13-7-. The van der Waals surface area contributed by atoms with E-state index in [2.05, 4.69) is 16.0 Å². The molecule has 0 aliphatic carbocycles. The molecule has 286 valence electrons. The van der Waals surface area contributed by atoms with Crippen molar-refractivity contribution in [2.75, 3.05) is 33.9 Å². The summed E-state index contributed by atoms with van der Waals surface area (Å²) >= 11 is 0. The predicted molar refractivity (Wildman–Crippen MR) is 191 cm³/mol. The zero-order valence-corrected chi connectivity index (χ0v) is 30.2. The molecule has 8 N–H and O–H groups in total. The van der Waals surface area contributed by atoms with Crippen molar-refractivity contribution >= 4 is 35.3 Å². The highest BCUT2D eigenvalue weighted by Crippen LogP contribution is 2.28. The van der Waals surface area contributed by atoms with Crippen molar-refractivity contribution in [1.29, 1.82) is 0 Å². The van der Waals surface area contributed by atoms with E-state index in [4.69, 9.17) is 26.2 Å². The largest absolute Gasteiger partial charge is 0.493 e. The number of carbonyl (C=O) groups excluding carboxylic acids is 6. The van der Waals surface area contributed by atoms with Crippen LogP contribution in [0.5, 0.6) is 11.5 Å². The van der Waals surface area contributed by atoms with Crippen LogP contribution >= 0.6 is 0 Å². The molecule has 2 aromatic rings. The summed E-state index contributed by atoms with van der Waals surface area (Å²) in [5, 5.41) is 17.9. The lowest BCUT2D eigenvalue weighted by atomic mass is 10.0. The van der Waals surface area contributed by atoms with Gasteiger partial charge in [-0.3, -0.25) is 28.8 Å². The van der Waals surface area contributed by atoms with E-state index in [0.29, 0.717) is 62.6 Å². The number of ether oxygens (including phenoxy) is 2. The Hall–Kier alpha value is -5.68. The number of Topliss-reactive ketones (excluding diaryl/α,β-unsaturated/α-hetero) is 1. The Labute approximate surface area is 307 Å². The number of aliphatic hydroxyl groups excluding tert-OH is 1. The quantitative estimate of drug-likeness (QED) is 0.0850. The van der Waals surface area contributed by atoms with Gasteiger partial charge < -0.3 is 51.1 Å². The highest BCUT2D eigenvalue weighted by molar-refractivity contribution is 6.38. The summed E-state index contributed by atoms with van der Waals surface area (Å²) < 4.78 is 10.4. The Bertz CT molecular complexity index is 1730. The van der Waals surface area contributed by atoms with Gasteiger partial charge in [-0.25, -0.2) is 5.84 Å². The fraction of sp³-hybridized carbons (Fsp3) is 0.444. The Morgan fingerprint density at radius 1 is 1.06 bits per heavy atom.